The van der Waals surface area contributed by atoms with E-state index >= 15 is 0 Å². The van der Waals surface area contributed by atoms with E-state index < -0.39 is 5.97 Å². The average molecular weight is 217 g/mol. The van der Waals surface area contributed by atoms with Crippen LogP contribution in [0.5, 0.6) is 0 Å². The molecule has 3 heteroatoms. The van der Waals surface area contributed by atoms with Gasteiger partial charge in [-0.3, -0.25) is 4.79 Å². The third kappa shape index (κ3) is 11.4. The molecule has 92 valence electrons. The number of nitrogens with two attached hydrogens (primary N) is 1. The Hall–Kier alpha value is -0.570. The Morgan fingerprint density at radius 2 is 1.67 bits per heavy atom. The Morgan fingerprint density at radius 3 is 1.87 bits per heavy atom. The highest BCUT2D eigenvalue weighted by molar-refractivity contribution is 5.67. The number of carboxylic acid groups (broad SMARTS) is 1. The lowest BCUT2D eigenvalue weighted by atomic mass is 9.74. The van der Waals surface area contributed by atoms with Crippen LogP contribution in [0, 0.1) is 11.8 Å². The molecule has 0 amide bonds. The topological polar surface area (TPSA) is 63.3 Å². The lowest BCUT2D eigenvalue weighted by molar-refractivity contribution is -0.139. The maximum atomic E-state index is 10.1. The minimum Gasteiger partial charge on any atom is -0.481 e. The molecule has 0 unspecified atom stereocenters. The first-order valence-corrected chi connectivity index (χ1v) is 5.89. The summed E-state index contributed by atoms with van der Waals surface area (Å²) in [5, 5.41) is 8.34. The molecule has 0 saturated heterocycles. The molecule has 3 N–H and O–H groups in total. The van der Waals surface area contributed by atoms with E-state index in [2.05, 4.69) is 26.5 Å². The monoisotopic (exact) mass is 217 g/mol. The van der Waals surface area contributed by atoms with Gasteiger partial charge in [-0.05, 0) is 31.7 Å². The lowest BCUT2D eigenvalue weighted by Gasteiger charge is -2.31. The molecule has 0 spiro atoms. The molecular formula is C12H27NO2. The third-order valence-corrected chi connectivity index (χ3v) is 2.43. The van der Waals surface area contributed by atoms with Gasteiger partial charge in [0.1, 0.15) is 0 Å². The predicted molar refractivity (Wildman–Crippen MR) is 64.8 cm³/mol. The van der Waals surface area contributed by atoms with Crippen LogP contribution >= 0.6 is 0 Å². The molecule has 0 aromatic heterocycles. The number of rotatable bonds is 3. The van der Waals surface area contributed by atoms with E-state index in [-0.39, 0.29) is 0 Å². The quantitative estimate of drug-likeness (QED) is 0.764. The van der Waals surface area contributed by atoms with Crippen molar-refractivity contribution >= 4 is 5.97 Å². The Kier molecular flexibility index (Phi) is 12.9. The van der Waals surface area contributed by atoms with Gasteiger partial charge in [-0.25, -0.2) is 0 Å². The van der Waals surface area contributed by atoms with E-state index in [1.807, 2.05) is 0 Å². The van der Waals surface area contributed by atoms with Crippen LogP contribution in [0.15, 0.2) is 0 Å². The molecule has 0 radical (unpaired) electrons. The zero-order valence-electron chi connectivity index (χ0n) is 10.6. The normalized spacial score (nSPS) is 22.5. The molecule has 0 heterocycles. The number of carbonyl (C=O) groups is 1. The molecule has 1 aliphatic carbocycles. The van der Waals surface area contributed by atoms with Crippen molar-refractivity contribution in [2.75, 3.05) is 7.05 Å². The summed E-state index contributed by atoms with van der Waals surface area (Å²) >= 11 is 0. The fraction of sp³-hybridized carbons (Fsp3) is 0.917. The fourth-order valence-corrected chi connectivity index (χ4v) is 1.48. The van der Waals surface area contributed by atoms with Gasteiger partial charge in [-0.2, -0.15) is 0 Å². The smallest absolute Gasteiger partial charge is 0.303 e. The van der Waals surface area contributed by atoms with E-state index in [1.165, 1.54) is 19.9 Å². The molecule has 1 rings (SSSR count). The van der Waals surface area contributed by atoms with Crippen LogP contribution in [0.4, 0.5) is 0 Å². The van der Waals surface area contributed by atoms with Crippen molar-refractivity contribution in [3.63, 3.8) is 0 Å². The zero-order chi connectivity index (χ0) is 12.3. The Balaban J connectivity index is 0. The summed E-state index contributed by atoms with van der Waals surface area (Å²) in [6.07, 6.45) is 5.25. The van der Waals surface area contributed by atoms with Crippen LogP contribution in [0.25, 0.3) is 0 Å². The van der Waals surface area contributed by atoms with Gasteiger partial charge in [0.05, 0.1) is 0 Å². The molecule has 0 aromatic carbocycles. The molecule has 1 fully saturated rings. The summed E-state index contributed by atoms with van der Waals surface area (Å²) in [6, 6.07) is 0. The molecule has 1 saturated carbocycles. The van der Waals surface area contributed by atoms with Gasteiger partial charge < -0.3 is 10.8 Å². The first-order valence-electron chi connectivity index (χ1n) is 5.89. The minimum atomic E-state index is -0.646. The van der Waals surface area contributed by atoms with Gasteiger partial charge in [-0.1, -0.05) is 33.6 Å². The standard InChI is InChI=1S/C7H12O2.C4H10.CH5N/c1-5-2-6(3-5)4-7(8)9;1-3-4-2;1-2/h5-6H,2-4H2,1H3,(H,8,9);3-4H2,1-2H3;2H2,1H3. The number of carboxylic acids is 1. The lowest BCUT2D eigenvalue weighted by Crippen LogP contribution is -2.23. The highest BCUT2D eigenvalue weighted by atomic mass is 16.4. The highest BCUT2D eigenvalue weighted by Gasteiger charge is 2.26. The summed E-state index contributed by atoms with van der Waals surface area (Å²) in [5.74, 6) is 0.610. The molecule has 0 atom stereocenters. The molecule has 15 heavy (non-hydrogen) atoms. The van der Waals surface area contributed by atoms with E-state index in [9.17, 15) is 4.79 Å². The second kappa shape index (κ2) is 11.5. The summed E-state index contributed by atoms with van der Waals surface area (Å²) in [5.41, 5.74) is 4.50. The second-order valence-electron chi connectivity index (χ2n) is 4.04. The van der Waals surface area contributed by atoms with Crippen molar-refractivity contribution in [1.29, 1.82) is 0 Å². The first-order chi connectivity index (χ1) is 7.10. The summed E-state index contributed by atoms with van der Waals surface area (Å²) in [6.45, 7) is 6.53. The van der Waals surface area contributed by atoms with Crippen molar-refractivity contribution in [3.05, 3.63) is 0 Å². The van der Waals surface area contributed by atoms with Crippen LogP contribution < -0.4 is 5.73 Å². The van der Waals surface area contributed by atoms with Gasteiger partial charge in [0.15, 0.2) is 0 Å². The maximum Gasteiger partial charge on any atom is 0.303 e. The molecule has 0 aliphatic heterocycles. The second-order valence-corrected chi connectivity index (χ2v) is 4.04. The Bertz CT molecular complexity index is 141. The van der Waals surface area contributed by atoms with Crippen molar-refractivity contribution in [1.82, 2.24) is 0 Å². The molecule has 3 nitrogen and oxygen atoms in total. The summed E-state index contributed by atoms with van der Waals surface area (Å²) in [4.78, 5) is 10.1. The van der Waals surface area contributed by atoms with Gasteiger partial charge >= 0.3 is 5.97 Å². The number of hydrogen-bond acceptors (Lipinski definition) is 2. The predicted octanol–water partition coefficient (Wildman–Crippen LogP) is 2.89. The van der Waals surface area contributed by atoms with Crippen LogP contribution in [-0.4, -0.2) is 18.1 Å². The van der Waals surface area contributed by atoms with E-state index in [0.29, 0.717) is 12.3 Å². The third-order valence-electron chi connectivity index (χ3n) is 2.43. The number of unbranched alkanes of at least 4 members (excludes halogenated alkanes) is 1. The Labute approximate surface area is 94.1 Å². The van der Waals surface area contributed by atoms with Crippen molar-refractivity contribution in [3.8, 4) is 0 Å². The van der Waals surface area contributed by atoms with E-state index in [0.717, 1.165) is 18.8 Å². The van der Waals surface area contributed by atoms with Crippen molar-refractivity contribution in [2.24, 2.45) is 17.6 Å². The molecular weight excluding hydrogens is 190 g/mol. The van der Waals surface area contributed by atoms with Crippen LogP contribution in [-0.2, 0) is 4.79 Å². The average Bonchev–Trinajstić information content (AvgIpc) is 2.18. The van der Waals surface area contributed by atoms with Crippen LogP contribution in [0.1, 0.15) is 52.9 Å². The van der Waals surface area contributed by atoms with Crippen molar-refractivity contribution < 1.29 is 9.90 Å². The fourth-order valence-electron chi connectivity index (χ4n) is 1.48. The van der Waals surface area contributed by atoms with Gasteiger partial charge in [0.25, 0.3) is 0 Å². The molecule has 0 aromatic rings. The van der Waals surface area contributed by atoms with E-state index in [1.54, 1.807) is 0 Å². The largest absolute Gasteiger partial charge is 0.481 e. The molecule has 1 aliphatic rings. The summed E-state index contributed by atoms with van der Waals surface area (Å²) in [7, 11) is 1.50. The van der Waals surface area contributed by atoms with Crippen molar-refractivity contribution in [2.45, 2.75) is 52.9 Å². The van der Waals surface area contributed by atoms with Gasteiger partial charge in [0, 0.05) is 6.42 Å². The van der Waals surface area contributed by atoms with E-state index in [4.69, 9.17) is 5.11 Å². The summed E-state index contributed by atoms with van der Waals surface area (Å²) < 4.78 is 0. The SMILES string of the molecule is CC1CC(CC(=O)O)C1.CCCC.CN. The van der Waals surface area contributed by atoms with Crippen LogP contribution in [0.2, 0.25) is 0 Å². The number of hydrogen-bond donors (Lipinski definition) is 2. The van der Waals surface area contributed by atoms with Gasteiger partial charge in [-0.15, -0.1) is 0 Å². The minimum absolute atomic E-state index is 0.379. The van der Waals surface area contributed by atoms with Gasteiger partial charge in [0.2, 0.25) is 0 Å². The number of aliphatic carboxylic acids is 1. The molecule has 0 bridgehead atoms. The zero-order valence-corrected chi connectivity index (χ0v) is 10.6. The first kappa shape index (κ1) is 16.8. The maximum absolute atomic E-state index is 10.1. The van der Waals surface area contributed by atoms with Crippen LogP contribution in [0.3, 0.4) is 0 Å². The highest BCUT2D eigenvalue weighted by Crippen LogP contribution is 2.35. The Morgan fingerprint density at radius 1 is 1.27 bits per heavy atom.